The Hall–Kier alpha value is -0.650. The lowest BCUT2D eigenvalue weighted by molar-refractivity contribution is 0.0228. The molecule has 1 aromatic carbocycles. The fraction of sp³-hybridized carbons (Fsp3) is 0.647. The van der Waals surface area contributed by atoms with E-state index in [1.807, 2.05) is 24.3 Å². The van der Waals surface area contributed by atoms with Gasteiger partial charge in [0.1, 0.15) is 0 Å². The number of aliphatic hydroxyl groups is 1. The molecule has 2 rings (SSSR count). The molecule has 1 aromatic rings. The van der Waals surface area contributed by atoms with Crippen molar-refractivity contribution in [1.82, 2.24) is 5.32 Å². The minimum atomic E-state index is -0.509. The molecule has 2 atom stereocenters. The summed E-state index contributed by atoms with van der Waals surface area (Å²) in [6, 6.07) is 7.98. The van der Waals surface area contributed by atoms with Gasteiger partial charge in [0.05, 0.1) is 19.3 Å². The van der Waals surface area contributed by atoms with Gasteiger partial charge in [-0.2, -0.15) is 0 Å². The second kappa shape index (κ2) is 9.48. The molecular formula is C17H26ClNO3. The molecule has 0 amide bonds. The summed E-state index contributed by atoms with van der Waals surface area (Å²) in [6.45, 7) is 5.14. The molecule has 1 heterocycles. The molecule has 0 aromatic heterocycles. The van der Waals surface area contributed by atoms with Gasteiger partial charge in [-0.15, -0.1) is 0 Å². The lowest BCUT2D eigenvalue weighted by Gasteiger charge is -2.29. The molecule has 0 aliphatic carbocycles. The zero-order valence-electron chi connectivity index (χ0n) is 13.1. The lowest BCUT2D eigenvalue weighted by atomic mass is 9.93. The van der Waals surface area contributed by atoms with Crippen molar-refractivity contribution in [2.24, 2.45) is 5.92 Å². The number of rotatable bonds is 8. The van der Waals surface area contributed by atoms with Crippen molar-refractivity contribution in [1.29, 1.82) is 0 Å². The number of ether oxygens (including phenoxy) is 2. The average molecular weight is 328 g/mol. The lowest BCUT2D eigenvalue weighted by Crippen LogP contribution is -2.41. The first kappa shape index (κ1) is 17.7. The van der Waals surface area contributed by atoms with E-state index in [2.05, 4.69) is 12.2 Å². The first-order chi connectivity index (χ1) is 10.7. The van der Waals surface area contributed by atoms with E-state index in [0.29, 0.717) is 36.7 Å². The van der Waals surface area contributed by atoms with E-state index in [1.54, 1.807) is 0 Å². The Morgan fingerprint density at radius 1 is 1.36 bits per heavy atom. The number of hydrogen-bond acceptors (Lipinski definition) is 4. The van der Waals surface area contributed by atoms with Crippen molar-refractivity contribution in [2.75, 3.05) is 26.4 Å². The van der Waals surface area contributed by atoms with Gasteiger partial charge in [0, 0.05) is 30.8 Å². The van der Waals surface area contributed by atoms with Crippen LogP contribution >= 0.6 is 11.6 Å². The number of halogens is 1. The van der Waals surface area contributed by atoms with Gasteiger partial charge >= 0.3 is 0 Å². The molecule has 1 aliphatic rings. The summed E-state index contributed by atoms with van der Waals surface area (Å²) in [7, 11) is 0. The third-order valence-corrected chi connectivity index (χ3v) is 4.54. The van der Waals surface area contributed by atoms with Gasteiger partial charge in [0.25, 0.3) is 0 Å². The predicted molar refractivity (Wildman–Crippen MR) is 88.1 cm³/mol. The minimum absolute atomic E-state index is 0.304. The van der Waals surface area contributed by atoms with E-state index in [0.717, 1.165) is 31.6 Å². The summed E-state index contributed by atoms with van der Waals surface area (Å²) in [5.74, 6) is 0.630. The van der Waals surface area contributed by atoms with Crippen LogP contribution in [-0.4, -0.2) is 43.6 Å². The number of nitrogens with one attached hydrogen (secondary N) is 1. The summed E-state index contributed by atoms with van der Waals surface area (Å²) >= 11 is 6.06. The third kappa shape index (κ3) is 5.86. The maximum atomic E-state index is 10.00. The first-order valence-electron chi connectivity index (χ1n) is 7.97. The van der Waals surface area contributed by atoms with Crippen molar-refractivity contribution in [3.05, 3.63) is 34.9 Å². The fourth-order valence-electron chi connectivity index (χ4n) is 2.68. The Bertz CT molecular complexity index is 438. The van der Waals surface area contributed by atoms with Crippen LogP contribution in [0.15, 0.2) is 24.3 Å². The summed E-state index contributed by atoms with van der Waals surface area (Å²) < 4.78 is 10.9. The largest absolute Gasteiger partial charge is 0.389 e. The van der Waals surface area contributed by atoms with Gasteiger partial charge in [0.15, 0.2) is 0 Å². The molecule has 1 aliphatic heterocycles. The highest BCUT2D eigenvalue weighted by atomic mass is 35.5. The van der Waals surface area contributed by atoms with Crippen molar-refractivity contribution >= 4 is 11.6 Å². The maximum absolute atomic E-state index is 10.00. The molecule has 124 valence electrons. The van der Waals surface area contributed by atoms with Crippen molar-refractivity contribution < 1.29 is 14.6 Å². The summed E-state index contributed by atoms with van der Waals surface area (Å²) in [4.78, 5) is 0. The second-order valence-electron chi connectivity index (χ2n) is 5.91. The van der Waals surface area contributed by atoms with Crippen LogP contribution in [0.2, 0.25) is 5.02 Å². The molecule has 1 saturated heterocycles. The van der Waals surface area contributed by atoms with Crippen LogP contribution in [0.5, 0.6) is 0 Å². The number of benzene rings is 1. The Kier molecular flexibility index (Phi) is 7.63. The molecule has 2 N–H and O–H groups in total. The molecule has 5 heteroatoms. The number of hydrogen-bond donors (Lipinski definition) is 2. The van der Waals surface area contributed by atoms with Gasteiger partial charge < -0.3 is 19.9 Å². The SMILES string of the molecule is CC(NCC(O)COCc1ccccc1Cl)C1CCOCC1. The van der Waals surface area contributed by atoms with E-state index in [9.17, 15) is 5.11 Å². The molecule has 0 spiro atoms. The molecule has 4 nitrogen and oxygen atoms in total. The Morgan fingerprint density at radius 2 is 2.09 bits per heavy atom. The topological polar surface area (TPSA) is 50.7 Å². The zero-order chi connectivity index (χ0) is 15.8. The normalized spacial score (nSPS) is 19.0. The van der Waals surface area contributed by atoms with Gasteiger partial charge in [-0.1, -0.05) is 29.8 Å². The zero-order valence-corrected chi connectivity index (χ0v) is 13.9. The Labute approximate surface area is 137 Å². The average Bonchev–Trinajstić information content (AvgIpc) is 2.55. The second-order valence-corrected chi connectivity index (χ2v) is 6.31. The molecule has 2 unspecified atom stereocenters. The van der Waals surface area contributed by atoms with Gasteiger partial charge in [-0.3, -0.25) is 0 Å². The van der Waals surface area contributed by atoms with E-state index in [-0.39, 0.29) is 0 Å². The maximum Gasteiger partial charge on any atom is 0.0897 e. The highest BCUT2D eigenvalue weighted by Gasteiger charge is 2.20. The van der Waals surface area contributed by atoms with E-state index in [4.69, 9.17) is 21.1 Å². The van der Waals surface area contributed by atoms with Crippen molar-refractivity contribution in [3.8, 4) is 0 Å². The molecule has 0 radical (unpaired) electrons. The van der Waals surface area contributed by atoms with E-state index >= 15 is 0 Å². The van der Waals surface area contributed by atoms with E-state index in [1.165, 1.54) is 0 Å². The van der Waals surface area contributed by atoms with E-state index < -0.39 is 6.10 Å². The smallest absolute Gasteiger partial charge is 0.0897 e. The molecule has 22 heavy (non-hydrogen) atoms. The first-order valence-corrected chi connectivity index (χ1v) is 8.35. The Balaban J connectivity index is 1.61. The van der Waals surface area contributed by atoms with Crippen LogP contribution in [0.25, 0.3) is 0 Å². The fourth-order valence-corrected chi connectivity index (χ4v) is 2.87. The van der Waals surface area contributed by atoms with Crippen LogP contribution in [0.1, 0.15) is 25.3 Å². The molecule has 0 bridgehead atoms. The van der Waals surface area contributed by atoms with Crippen LogP contribution in [0.3, 0.4) is 0 Å². The van der Waals surface area contributed by atoms with Crippen molar-refractivity contribution in [2.45, 2.75) is 38.5 Å². The summed E-state index contributed by atoms with van der Waals surface area (Å²) in [6.07, 6.45) is 1.67. The van der Waals surface area contributed by atoms with Crippen LogP contribution in [0.4, 0.5) is 0 Å². The van der Waals surface area contributed by atoms with Crippen LogP contribution < -0.4 is 5.32 Å². The van der Waals surface area contributed by atoms with Crippen LogP contribution in [-0.2, 0) is 16.1 Å². The molecule has 1 fully saturated rings. The monoisotopic (exact) mass is 327 g/mol. The van der Waals surface area contributed by atoms with Crippen LogP contribution in [0, 0.1) is 5.92 Å². The predicted octanol–water partition coefficient (Wildman–Crippen LogP) is 2.62. The number of aliphatic hydroxyl groups excluding tert-OH is 1. The molecular weight excluding hydrogens is 302 g/mol. The minimum Gasteiger partial charge on any atom is -0.389 e. The summed E-state index contributed by atoms with van der Waals surface area (Å²) in [5.41, 5.74) is 0.944. The standard InChI is InChI=1S/C17H26ClNO3/c1-13(14-6-8-21-9-7-14)19-10-16(20)12-22-11-15-4-2-3-5-17(15)18/h2-5,13-14,16,19-20H,6-12H2,1H3. The van der Waals surface area contributed by atoms with Gasteiger partial charge in [0.2, 0.25) is 0 Å². The highest BCUT2D eigenvalue weighted by molar-refractivity contribution is 6.31. The third-order valence-electron chi connectivity index (χ3n) is 4.17. The Morgan fingerprint density at radius 3 is 2.82 bits per heavy atom. The molecule has 0 saturated carbocycles. The van der Waals surface area contributed by atoms with Crippen molar-refractivity contribution in [3.63, 3.8) is 0 Å². The summed E-state index contributed by atoms with van der Waals surface area (Å²) in [5, 5.41) is 14.1. The van der Waals surface area contributed by atoms with Gasteiger partial charge in [-0.25, -0.2) is 0 Å². The highest BCUT2D eigenvalue weighted by Crippen LogP contribution is 2.18. The quantitative estimate of drug-likeness (QED) is 0.770. The van der Waals surface area contributed by atoms with Gasteiger partial charge in [-0.05, 0) is 37.3 Å².